The van der Waals surface area contributed by atoms with E-state index in [0.717, 1.165) is 11.3 Å². The molecule has 3 aromatic rings. The lowest BCUT2D eigenvalue weighted by molar-refractivity contribution is -0.0855. The summed E-state index contributed by atoms with van der Waals surface area (Å²) < 4.78 is 10.9. The summed E-state index contributed by atoms with van der Waals surface area (Å²) >= 11 is 0. The Hall–Kier alpha value is -3.30. The smallest absolute Gasteiger partial charge is 0.251 e. The molecule has 3 heterocycles. The fourth-order valence-electron chi connectivity index (χ4n) is 2.94. The van der Waals surface area contributed by atoms with Gasteiger partial charge in [-0.1, -0.05) is 6.07 Å². The van der Waals surface area contributed by atoms with Gasteiger partial charge < -0.3 is 25.1 Å². The maximum Gasteiger partial charge on any atom is 0.251 e. The molecule has 1 saturated heterocycles. The molecule has 1 aromatic carbocycles. The van der Waals surface area contributed by atoms with Crippen LogP contribution >= 0.6 is 0 Å². The van der Waals surface area contributed by atoms with E-state index in [4.69, 9.17) is 9.47 Å². The molecule has 0 aliphatic carbocycles. The van der Waals surface area contributed by atoms with Gasteiger partial charge in [-0.15, -0.1) is 10.2 Å². The summed E-state index contributed by atoms with van der Waals surface area (Å²) in [6.07, 6.45) is 3.31. The molecule has 0 saturated carbocycles. The number of nitrogens with zero attached hydrogens (tertiary/aromatic N) is 3. The summed E-state index contributed by atoms with van der Waals surface area (Å²) in [5, 5.41) is 14.4. The lowest BCUT2D eigenvalue weighted by atomic mass is 10.2. The predicted molar refractivity (Wildman–Crippen MR) is 106 cm³/mol. The second kappa shape index (κ2) is 9.26. The molecule has 0 radical (unpaired) electrons. The number of H-pyrrole nitrogens is 1. The van der Waals surface area contributed by atoms with Crippen molar-refractivity contribution in [2.45, 2.75) is 12.6 Å². The van der Waals surface area contributed by atoms with Gasteiger partial charge in [0, 0.05) is 35.8 Å². The topological polar surface area (TPSA) is 114 Å². The van der Waals surface area contributed by atoms with Gasteiger partial charge in [-0.3, -0.25) is 9.78 Å². The second-order valence-electron chi connectivity index (χ2n) is 6.57. The summed E-state index contributed by atoms with van der Waals surface area (Å²) in [6, 6.07) is 11.0. The largest absolute Gasteiger partial charge is 0.378 e. The fourth-order valence-corrected chi connectivity index (χ4v) is 2.94. The van der Waals surface area contributed by atoms with Crippen LogP contribution in [0.3, 0.4) is 0 Å². The third kappa shape index (κ3) is 5.15. The molecular formula is C20H22N6O3. The highest BCUT2D eigenvalue weighted by molar-refractivity contribution is 5.95. The first kappa shape index (κ1) is 19.0. The minimum absolute atomic E-state index is 0.102. The maximum atomic E-state index is 12.4. The molecule has 1 fully saturated rings. The van der Waals surface area contributed by atoms with Gasteiger partial charge in [0.15, 0.2) is 5.82 Å². The Bertz CT molecular complexity index is 940. The predicted octanol–water partition coefficient (Wildman–Crippen LogP) is 1.62. The number of aromatic nitrogens is 4. The van der Waals surface area contributed by atoms with Crippen LogP contribution in [0.1, 0.15) is 16.2 Å². The summed E-state index contributed by atoms with van der Waals surface area (Å²) in [4.78, 5) is 19.6. The molecule has 0 bridgehead atoms. The molecule has 29 heavy (non-hydrogen) atoms. The number of carbonyl (C=O) groups excluding carboxylic acids is 1. The zero-order valence-corrected chi connectivity index (χ0v) is 15.8. The number of ether oxygens (including phenoxy) is 2. The van der Waals surface area contributed by atoms with Crippen LogP contribution in [0.5, 0.6) is 0 Å². The van der Waals surface area contributed by atoms with E-state index in [-0.39, 0.29) is 12.0 Å². The van der Waals surface area contributed by atoms with Crippen LogP contribution < -0.4 is 10.6 Å². The number of amides is 1. The molecule has 9 nitrogen and oxygen atoms in total. The molecule has 1 aliphatic rings. The lowest BCUT2D eigenvalue weighted by Gasteiger charge is -2.23. The van der Waals surface area contributed by atoms with Gasteiger partial charge in [0.1, 0.15) is 5.82 Å². The lowest BCUT2D eigenvalue weighted by Crippen LogP contribution is -2.39. The van der Waals surface area contributed by atoms with Gasteiger partial charge in [0.2, 0.25) is 0 Å². The number of benzene rings is 1. The van der Waals surface area contributed by atoms with Crippen LogP contribution in [0.4, 0.5) is 5.69 Å². The van der Waals surface area contributed by atoms with E-state index < -0.39 is 0 Å². The first-order valence-electron chi connectivity index (χ1n) is 9.41. The van der Waals surface area contributed by atoms with Crippen molar-refractivity contribution < 1.29 is 14.3 Å². The van der Waals surface area contributed by atoms with E-state index in [1.54, 1.807) is 24.5 Å². The molecule has 1 amide bonds. The van der Waals surface area contributed by atoms with Crippen LogP contribution in [0, 0.1) is 0 Å². The highest BCUT2D eigenvalue weighted by Gasteiger charge is 2.16. The number of hydrogen-bond acceptors (Lipinski definition) is 7. The van der Waals surface area contributed by atoms with E-state index >= 15 is 0 Å². The highest BCUT2D eigenvalue weighted by Crippen LogP contribution is 2.14. The third-order valence-corrected chi connectivity index (χ3v) is 4.45. The van der Waals surface area contributed by atoms with Gasteiger partial charge in [0.05, 0.1) is 32.5 Å². The third-order valence-electron chi connectivity index (χ3n) is 4.45. The number of pyridine rings is 1. The van der Waals surface area contributed by atoms with E-state index in [1.807, 2.05) is 24.3 Å². The summed E-state index contributed by atoms with van der Waals surface area (Å²) in [7, 11) is 0. The Balaban J connectivity index is 1.32. The molecule has 2 aromatic heterocycles. The molecule has 0 unspecified atom stereocenters. The molecule has 1 atom stereocenters. The van der Waals surface area contributed by atoms with E-state index in [2.05, 4.69) is 30.8 Å². The van der Waals surface area contributed by atoms with Crippen LogP contribution in [0.25, 0.3) is 11.4 Å². The first-order valence-corrected chi connectivity index (χ1v) is 9.41. The average Bonchev–Trinajstić information content (AvgIpc) is 3.27. The first-order chi connectivity index (χ1) is 14.3. The zero-order valence-electron chi connectivity index (χ0n) is 15.8. The fraction of sp³-hybridized carbons (Fsp3) is 0.300. The van der Waals surface area contributed by atoms with Crippen molar-refractivity contribution in [1.82, 2.24) is 25.5 Å². The highest BCUT2D eigenvalue weighted by atomic mass is 16.6. The van der Waals surface area contributed by atoms with Gasteiger partial charge in [-0.2, -0.15) is 0 Å². The van der Waals surface area contributed by atoms with Crippen molar-refractivity contribution in [1.29, 1.82) is 0 Å². The zero-order chi connectivity index (χ0) is 19.9. The molecular weight excluding hydrogens is 372 g/mol. The monoisotopic (exact) mass is 394 g/mol. The molecule has 1 aliphatic heterocycles. The summed E-state index contributed by atoms with van der Waals surface area (Å²) in [6.45, 7) is 2.54. The molecule has 9 heteroatoms. The normalized spacial score (nSPS) is 16.3. The summed E-state index contributed by atoms with van der Waals surface area (Å²) in [5.74, 6) is 1.23. The van der Waals surface area contributed by atoms with Crippen LogP contribution in [0.2, 0.25) is 0 Å². The number of carbonyl (C=O) groups is 1. The summed E-state index contributed by atoms with van der Waals surface area (Å²) in [5.41, 5.74) is 2.31. The molecule has 4 rings (SSSR count). The quantitative estimate of drug-likeness (QED) is 0.558. The van der Waals surface area contributed by atoms with Gasteiger partial charge in [-0.25, -0.2) is 0 Å². The minimum Gasteiger partial charge on any atom is -0.378 e. The SMILES string of the molecule is O=C(NC[C@H]1COCCO1)c1cccc(NCc2nnc(-c3ccncc3)[nH]2)c1. The Morgan fingerprint density at radius 1 is 1.17 bits per heavy atom. The molecule has 0 spiro atoms. The van der Waals surface area contributed by atoms with Crippen LogP contribution in [-0.4, -0.2) is 58.5 Å². The van der Waals surface area contributed by atoms with Gasteiger partial charge in [-0.05, 0) is 30.3 Å². The van der Waals surface area contributed by atoms with Gasteiger partial charge >= 0.3 is 0 Å². The van der Waals surface area contributed by atoms with Gasteiger partial charge in [0.25, 0.3) is 5.91 Å². The van der Waals surface area contributed by atoms with E-state index in [1.165, 1.54) is 0 Å². The second-order valence-corrected chi connectivity index (χ2v) is 6.57. The minimum atomic E-state index is -0.150. The van der Waals surface area contributed by atoms with Crippen molar-refractivity contribution in [3.05, 3.63) is 60.2 Å². The maximum absolute atomic E-state index is 12.4. The number of aromatic amines is 1. The molecule has 3 N–H and O–H groups in total. The van der Waals surface area contributed by atoms with Crippen molar-refractivity contribution in [2.24, 2.45) is 0 Å². The number of hydrogen-bond donors (Lipinski definition) is 3. The van der Waals surface area contributed by atoms with Crippen molar-refractivity contribution >= 4 is 11.6 Å². The van der Waals surface area contributed by atoms with E-state index in [9.17, 15) is 4.79 Å². The van der Waals surface area contributed by atoms with Crippen molar-refractivity contribution in [3.8, 4) is 11.4 Å². The molecule has 150 valence electrons. The average molecular weight is 394 g/mol. The van der Waals surface area contributed by atoms with Crippen LogP contribution in [-0.2, 0) is 16.0 Å². The number of rotatable bonds is 7. The van der Waals surface area contributed by atoms with E-state index in [0.29, 0.717) is 50.1 Å². The Morgan fingerprint density at radius 2 is 2.07 bits per heavy atom. The number of anilines is 1. The van der Waals surface area contributed by atoms with Crippen LogP contribution in [0.15, 0.2) is 48.8 Å². The number of nitrogens with one attached hydrogen (secondary N) is 3. The van der Waals surface area contributed by atoms with Crippen molar-refractivity contribution in [2.75, 3.05) is 31.7 Å². The Kier molecular flexibility index (Phi) is 6.08. The van der Waals surface area contributed by atoms with Crippen molar-refractivity contribution in [3.63, 3.8) is 0 Å². The Morgan fingerprint density at radius 3 is 2.90 bits per heavy atom. The standard InChI is InChI=1S/C20H22N6O3/c27-20(23-11-17-13-28-8-9-29-17)15-2-1-3-16(10-15)22-12-18-24-19(26-25-18)14-4-6-21-7-5-14/h1-7,10,17,22H,8-9,11-13H2,(H,23,27)(H,24,25,26)/t17-/m0/s1. The Labute approximate surface area is 167 Å².